The van der Waals surface area contributed by atoms with E-state index in [0.29, 0.717) is 32.2 Å². The van der Waals surface area contributed by atoms with Crippen molar-refractivity contribution >= 4 is 24.8 Å². The van der Waals surface area contributed by atoms with Gasteiger partial charge in [-0.05, 0) is 17.7 Å². The van der Waals surface area contributed by atoms with E-state index in [9.17, 15) is 22.0 Å². The molecule has 128 valence electrons. The quantitative estimate of drug-likeness (QED) is 0.822. The van der Waals surface area contributed by atoms with E-state index in [1.54, 1.807) is 4.90 Å². The van der Waals surface area contributed by atoms with E-state index in [2.05, 4.69) is 5.32 Å². The number of rotatable bonds is 3. The smallest absolute Gasteiger partial charge is 0.314 e. The Morgan fingerprint density at radius 1 is 1.14 bits per heavy atom. The van der Waals surface area contributed by atoms with Gasteiger partial charge in [-0.3, -0.25) is 4.90 Å². The number of nitrogens with one attached hydrogen (secondary N) is 1. The number of alkyl halides is 4. The molecule has 9 heteroatoms. The number of nitrogens with zero attached hydrogens (tertiary/aromatic N) is 1. The maximum atomic E-state index is 13.5. The van der Waals surface area contributed by atoms with Crippen LogP contribution in [0.15, 0.2) is 18.2 Å². The van der Waals surface area contributed by atoms with Gasteiger partial charge in [0, 0.05) is 26.2 Å². The summed E-state index contributed by atoms with van der Waals surface area (Å²) in [5.41, 5.74) is -1.08. The van der Waals surface area contributed by atoms with Crippen LogP contribution in [0.1, 0.15) is 17.2 Å². The Balaban J connectivity index is 0.00000220. The minimum absolute atomic E-state index is 0. The number of piperazine rings is 1. The molecule has 0 aliphatic carbocycles. The molecular formula is C13H17Cl2F5N2. The van der Waals surface area contributed by atoms with Crippen molar-refractivity contribution < 1.29 is 22.0 Å². The summed E-state index contributed by atoms with van der Waals surface area (Å²) in [7, 11) is 0. The molecule has 1 aromatic carbocycles. The van der Waals surface area contributed by atoms with E-state index in [1.807, 2.05) is 0 Å². The lowest BCUT2D eigenvalue weighted by Crippen LogP contribution is -2.45. The Labute approximate surface area is 137 Å². The van der Waals surface area contributed by atoms with Crippen LogP contribution >= 0.6 is 24.8 Å². The maximum Gasteiger partial charge on any atom is 0.419 e. The van der Waals surface area contributed by atoms with E-state index >= 15 is 0 Å². The number of halogens is 7. The van der Waals surface area contributed by atoms with Gasteiger partial charge in [0.25, 0.3) is 0 Å². The third kappa shape index (κ3) is 4.94. The summed E-state index contributed by atoms with van der Waals surface area (Å²) < 4.78 is 64.2. The van der Waals surface area contributed by atoms with Crippen LogP contribution in [0.25, 0.3) is 0 Å². The third-order valence-corrected chi connectivity index (χ3v) is 3.42. The lowest BCUT2D eigenvalue weighted by atomic mass is 10.0. The van der Waals surface area contributed by atoms with Crippen molar-refractivity contribution in [1.29, 1.82) is 0 Å². The third-order valence-electron chi connectivity index (χ3n) is 3.42. The van der Waals surface area contributed by atoms with Crippen molar-refractivity contribution in [2.45, 2.75) is 12.2 Å². The largest absolute Gasteiger partial charge is 0.419 e. The van der Waals surface area contributed by atoms with Crippen molar-refractivity contribution in [2.75, 3.05) is 32.9 Å². The minimum Gasteiger partial charge on any atom is -0.314 e. The first kappa shape index (κ1) is 21.4. The average Bonchev–Trinajstić information content (AvgIpc) is 2.39. The summed E-state index contributed by atoms with van der Waals surface area (Å²) in [4.78, 5) is 1.80. The molecule has 22 heavy (non-hydrogen) atoms. The first-order valence-corrected chi connectivity index (χ1v) is 6.31. The van der Waals surface area contributed by atoms with Gasteiger partial charge in [0.05, 0.1) is 11.6 Å². The molecule has 1 aliphatic rings. The topological polar surface area (TPSA) is 15.3 Å². The molecular weight excluding hydrogens is 350 g/mol. The Bertz CT molecular complexity index is 464. The molecule has 1 heterocycles. The monoisotopic (exact) mass is 366 g/mol. The Morgan fingerprint density at radius 3 is 2.18 bits per heavy atom. The highest BCUT2D eigenvalue weighted by Crippen LogP contribution is 2.33. The van der Waals surface area contributed by atoms with Crippen LogP contribution in [0.2, 0.25) is 0 Å². The molecule has 1 saturated heterocycles. The molecule has 1 atom stereocenters. The predicted molar refractivity (Wildman–Crippen MR) is 79.1 cm³/mol. The second-order valence-corrected chi connectivity index (χ2v) is 4.69. The maximum absolute atomic E-state index is 13.5. The molecule has 0 saturated carbocycles. The summed E-state index contributed by atoms with van der Waals surface area (Å²) in [6.45, 7) is 1.76. The fraction of sp³-hybridized carbons (Fsp3) is 0.538. The predicted octanol–water partition coefficient (Wildman–Crippen LogP) is 3.60. The van der Waals surface area contributed by atoms with Crippen molar-refractivity contribution in [3.05, 3.63) is 35.1 Å². The zero-order valence-corrected chi connectivity index (χ0v) is 13.1. The van der Waals surface area contributed by atoms with Crippen molar-refractivity contribution in [3.63, 3.8) is 0 Å². The molecule has 0 unspecified atom stereocenters. The van der Waals surface area contributed by atoms with E-state index in [0.717, 1.165) is 12.1 Å². The molecule has 2 rings (SSSR count). The Hall–Kier alpha value is -0.630. The summed E-state index contributed by atoms with van der Waals surface area (Å²) >= 11 is 0. The molecule has 2 nitrogen and oxygen atoms in total. The van der Waals surface area contributed by atoms with Gasteiger partial charge in [0.1, 0.15) is 12.5 Å². The fourth-order valence-corrected chi connectivity index (χ4v) is 2.36. The molecule has 0 aromatic heterocycles. The first-order chi connectivity index (χ1) is 9.43. The van der Waals surface area contributed by atoms with Gasteiger partial charge in [-0.2, -0.15) is 13.2 Å². The van der Waals surface area contributed by atoms with Gasteiger partial charge in [-0.15, -0.1) is 24.8 Å². The molecule has 1 fully saturated rings. The van der Waals surface area contributed by atoms with E-state index in [-0.39, 0.29) is 30.4 Å². The average molecular weight is 367 g/mol. The second kappa shape index (κ2) is 8.86. The second-order valence-electron chi connectivity index (χ2n) is 4.69. The van der Waals surface area contributed by atoms with Crippen LogP contribution in [0.3, 0.4) is 0 Å². The molecule has 1 aliphatic heterocycles. The molecule has 1 N–H and O–H groups in total. The zero-order valence-electron chi connectivity index (χ0n) is 11.5. The Kier molecular flexibility index (Phi) is 8.61. The van der Waals surface area contributed by atoms with Crippen LogP contribution in [-0.4, -0.2) is 37.8 Å². The van der Waals surface area contributed by atoms with Gasteiger partial charge >= 0.3 is 6.18 Å². The van der Waals surface area contributed by atoms with Gasteiger partial charge in [0.15, 0.2) is 0 Å². The van der Waals surface area contributed by atoms with Crippen molar-refractivity contribution in [2.24, 2.45) is 0 Å². The van der Waals surface area contributed by atoms with E-state index in [4.69, 9.17) is 0 Å². The zero-order chi connectivity index (χ0) is 14.8. The van der Waals surface area contributed by atoms with Crippen LogP contribution in [0, 0.1) is 5.82 Å². The van der Waals surface area contributed by atoms with Crippen LogP contribution in [0.5, 0.6) is 0 Å². The molecule has 0 spiro atoms. The molecule has 0 radical (unpaired) electrons. The summed E-state index contributed by atoms with van der Waals surface area (Å²) in [6, 6.07) is 1.91. The van der Waals surface area contributed by atoms with E-state index < -0.39 is 30.3 Å². The molecule has 0 bridgehead atoms. The Morgan fingerprint density at radius 2 is 1.73 bits per heavy atom. The summed E-state index contributed by atoms with van der Waals surface area (Å²) in [6.07, 6.45) is -4.73. The van der Waals surface area contributed by atoms with Gasteiger partial charge < -0.3 is 5.32 Å². The standard InChI is InChI=1S/C13H15F5N2.2ClH/c14-8-12(20-5-3-19-4-6-20)9-1-2-10(11(15)7-9)13(16,17)18;;/h1-2,7,12,19H,3-6,8H2;2*1H/t12-;;/m1../s1. The SMILES string of the molecule is Cl.Cl.FC[C@H](c1ccc(C(F)(F)F)c(F)c1)N1CCNCC1. The number of hydrogen-bond donors (Lipinski definition) is 1. The van der Waals surface area contributed by atoms with Crippen LogP contribution in [-0.2, 0) is 6.18 Å². The van der Waals surface area contributed by atoms with E-state index in [1.165, 1.54) is 0 Å². The van der Waals surface area contributed by atoms with Gasteiger partial charge in [0.2, 0.25) is 0 Å². The normalized spacial score (nSPS) is 17.3. The molecule has 1 aromatic rings. The molecule has 0 amide bonds. The highest BCUT2D eigenvalue weighted by molar-refractivity contribution is 5.85. The van der Waals surface area contributed by atoms with Gasteiger partial charge in [-0.1, -0.05) is 6.07 Å². The van der Waals surface area contributed by atoms with Crippen molar-refractivity contribution in [1.82, 2.24) is 10.2 Å². The summed E-state index contributed by atoms with van der Waals surface area (Å²) in [5, 5.41) is 3.10. The first-order valence-electron chi connectivity index (χ1n) is 6.31. The highest BCUT2D eigenvalue weighted by atomic mass is 35.5. The van der Waals surface area contributed by atoms with Crippen LogP contribution in [0.4, 0.5) is 22.0 Å². The highest BCUT2D eigenvalue weighted by Gasteiger charge is 2.34. The lowest BCUT2D eigenvalue weighted by molar-refractivity contribution is -0.140. The number of hydrogen-bond acceptors (Lipinski definition) is 2. The number of benzene rings is 1. The lowest BCUT2D eigenvalue weighted by Gasteiger charge is -2.33. The van der Waals surface area contributed by atoms with Crippen molar-refractivity contribution in [3.8, 4) is 0 Å². The van der Waals surface area contributed by atoms with Gasteiger partial charge in [-0.25, -0.2) is 8.78 Å². The minimum atomic E-state index is -4.73. The van der Waals surface area contributed by atoms with Crippen LogP contribution < -0.4 is 5.32 Å². The fourth-order valence-electron chi connectivity index (χ4n) is 2.36. The summed E-state index contributed by atoms with van der Waals surface area (Å²) in [5.74, 6) is -1.36.